The van der Waals surface area contributed by atoms with Crippen molar-refractivity contribution in [1.82, 2.24) is 19.7 Å². The van der Waals surface area contributed by atoms with Gasteiger partial charge in [-0.1, -0.05) is 0 Å². The highest BCUT2D eigenvalue weighted by atomic mass is 32.1. The fourth-order valence-corrected chi connectivity index (χ4v) is 1.20. The van der Waals surface area contributed by atoms with E-state index < -0.39 is 0 Å². The maximum absolute atomic E-state index is 4.99. The van der Waals surface area contributed by atoms with Gasteiger partial charge in [-0.3, -0.25) is 5.10 Å². The van der Waals surface area contributed by atoms with Gasteiger partial charge in [0, 0.05) is 12.4 Å². The Bertz CT molecular complexity index is 397. The number of rotatable bonds is 2. The Morgan fingerprint density at radius 3 is 3.08 bits per heavy atom. The summed E-state index contributed by atoms with van der Waals surface area (Å²) in [6.45, 7) is 0.763. The van der Waals surface area contributed by atoms with Crippen LogP contribution in [0.2, 0.25) is 0 Å². The molecular formula is C7H8N4S. The third-order valence-electron chi connectivity index (χ3n) is 1.63. The van der Waals surface area contributed by atoms with Crippen molar-refractivity contribution in [1.29, 1.82) is 0 Å². The number of nitrogens with zero attached hydrogens (tertiary/aromatic N) is 2. The number of nitrogens with one attached hydrogen (secondary N) is 2. The van der Waals surface area contributed by atoms with E-state index in [0.29, 0.717) is 4.77 Å². The van der Waals surface area contributed by atoms with Crippen molar-refractivity contribution in [3.8, 4) is 0 Å². The molecule has 2 aromatic heterocycles. The molecule has 0 amide bonds. The first-order valence-corrected chi connectivity index (χ1v) is 3.98. The zero-order valence-corrected chi connectivity index (χ0v) is 7.14. The second-order valence-electron chi connectivity index (χ2n) is 2.51. The minimum atomic E-state index is 0.649. The first-order chi connectivity index (χ1) is 5.86. The molecule has 2 aromatic rings. The van der Waals surface area contributed by atoms with Crippen LogP contribution >= 0.6 is 12.2 Å². The molecule has 5 heteroatoms. The molecule has 12 heavy (non-hydrogen) atoms. The average molecular weight is 180 g/mol. The third-order valence-corrected chi connectivity index (χ3v) is 1.96. The van der Waals surface area contributed by atoms with Gasteiger partial charge in [0.15, 0.2) is 4.77 Å². The van der Waals surface area contributed by atoms with E-state index in [9.17, 15) is 0 Å². The van der Waals surface area contributed by atoms with Gasteiger partial charge in [-0.2, -0.15) is 5.10 Å². The Hall–Kier alpha value is -1.36. The van der Waals surface area contributed by atoms with Gasteiger partial charge in [0.1, 0.15) is 6.33 Å². The Balaban J connectivity index is 2.25. The van der Waals surface area contributed by atoms with Crippen molar-refractivity contribution in [2.24, 2.45) is 0 Å². The summed E-state index contributed by atoms with van der Waals surface area (Å²) in [4.78, 5) is 2.98. The lowest BCUT2D eigenvalue weighted by Crippen LogP contribution is -1.96. The SMILES string of the molecule is S=c1[nH]ncn1Cc1cc[nH]c1. The van der Waals surface area contributed by atoms with Crippen LogP contribution in [0.3, 0.4) is 0 Å². The summed E-state index contributed by atoms with van der Waals surface area (Å²) < 4.78 is 2.52. The Morgan fingerprint density at radius 1 is 1.58 bits per heavy atom. The minimum absolute atomic E-state index is 0.649. The van der Waals surface area contributed by atoms with Crippen LogP contribution in [0, 0.1) is 4.77 Å². The normalized spacial score (nSPS) is 10.3. The molecule has 0 atom stereocenters. The Kier molecular flexibility index (Phi) is 1.79. The van der Waals surface area contributed by atoms with Crippen LogP contribution in [-0.2, 0) is 6.54 Å². The zero-order chi connectivity index (χ0) is 8.39. The van der Waals surface area contributed by atoms with Gasteiger partial charge in [0.05, 0.1) is 6.54 Å². The van der Waals surface area contributed by atoms with Crippen molar-refractivity contribution in [2.45, 2.75) is 6.54 Å². The predicted molar refractivity (Wildman–Crippen MR) is 47.3 cm³/mol. The molecule has 0 spiro atoms. The first-order valence-electron chi connectivity index (χ1n) is 3.58. The van der Waals surface area contributed by atoms with Gasteiger partial charge < -0.3 is 9.55 Å². The van der Waals surface area contributed by atoms with Crippen LogP contribution in [0.25, 0.3) is 0 Å². The zero-order valence-electron chi connectivity index (χ0n) is 6.32. The molecular weight excluding hydrogens is 172 g/mol. The lowest BCUT2D eigenvalue weighted by Gasteiger charge is -1.96. The largest absolute Gasteiger partial charge is 0.367 e. The molecule has 0 radical (unpaired) electrons. The summed E-state index contributed by atoms with van der Waals surface area (Å²) in [6.07, 6.45) is 5.52. The smallest absolute Gasteiger partial charge is 0.195 e. The third kappa shape index (κ3) is 1.31. The van der Waals surface area contributed by atoms with Crippen LogP contribution < -0.4 is 0 Å². The molecule has 0 fully saturated rings. The standard InChI is InChI=1S/C7H8N4S/c12-7-10-9-5-11(7)4-6-1-2-8-3-6/h1-3,5,8H,4H2,(H,10,12). The molecule has 62 valence electrons. The highest BCUT2D eigenvalue weighted by Crippen LogP contribution is 2.00. The summed E-state index contributed by atoms with van der Waals surface area (Å²) in [7, 11) is 0. The van der Waals surface area contributed by atoms with Crippen molar-refractivity contribution in [2.75, 3.05) is 0 Å². The molecule has 0 saturated heterocycles. The van der Waals surface area contributed by atoms with E-state index in [4.69, 9.17) is 12.2 Å². The van der Waals surface area contributed by atoms with Crippen LogP contribution in [0.4, 0.5) is 0 Å². The van der Waals surface area contributed by atoms with E-state index in [1.165, 1.54) is 5.56 Å². The molecule has 0 aliphatic carbocycles. The highest BCUT2D eigenvalue weighted by molar-refractivity contribution is 7.71. The summed E-state index contributed by atoms with van der Waals surface area (Å²) in [5, 5.41) is 6.52. The summed E-state index contributed by atoms with van der Waals surface area (Å²) in [5.41, 5.74) is 1.19. The second kappa shape index (κ2) is 2.94. The highest BCUT2D eigenvalue weighted by Gasteiger charge is 1.95. The number of H-pyrrole nitrogens is 2. The van der Waals surface area contributed by atoms with Gasteiger partial charge in [-0.15, -0.1) is 0 Å². The molecule has 2 heterocycles. The number of aromatic amines is 2. The molecule has 2 rings (SSSR count). The van der Waals surface area contributed by atoms with Crippen molar-refractivity contribution >= 4 is 12.2 Å². The van der Waals surface area contributed by atoms with Crippen LogP contribution in [0.5, 0.6) is 0 Å². The number of hydrogen-bond acceptors (Lipinski definition) is 2. The van der Waals surface area contributed by atoms with Crippen molar-refractivity contribution < 1.29 is 0 Å². The number of hydrogen-bond donors (Lipinski definition) is 2. The minimum Gasteiger partial charge on any atom is -0.367 e. The van der Waals surface area contributed by atoms with E-state index in [1.807, 2.05) is 23.0 Å². The summed E-state index contributed by atoms with van der Waals surface area (Å²) in [5.74, 6) is 0. The Labute approximate surface area is 74.2 Å². The molecule has 0 bridgehead atoms. The summed E-state index contributed by atoms with van der Waals surface area (Å²) in [6, 6.07) is 2.01. The van der Waals surface area contributed by atoms with Crippen LogP contribution in [0.1, 0.15) is 5.56 Å². The van der Waals surface area contributed by atoms with Gasteiger partial charge in [-0.25, -0.2) is 0 Å². The quantitative estimate of drug-likeness (QED) is 0.685. The van der Waals surface area contributed by atoms with Gasteiger partial charge >= 0.3 is 0 Å². The maximum atomic E-state index is 4.99. The number of aromatic nitrogens is 4. The van der Waals surface area contributed by atoms with E-state index in [1.54, 1.807) is 6.33 Å². The van der Waals surface area contributed by atoms with E-state index >= 15 is 0 Å². The summed E-state index contributed by atoms with van der Waals surface area (Å²) >= 11 is 4.99. The van der Waals surface area contributed by atoms with Crippen LogP contribution in [0.15, 0.2) is 24.8 Å². The fourth-order valence-electron chi connectivity index (χ4n) is 1.04. The van der Waals surface area contributed by atoms with Gasteiger partial charge in [0.25, 0.3) is 0 Å². The molecule has 0 saturated carbocycles. The van der Waals surface area contributed by atoms with E-state index in [0.717, 1.165) is 6.54 Å². The first kappa shape index (κ1) is 7.30. The molecule has 4 nitrogen and oxygen atoms in total. The second-order valence-corrected chi connectivity index (χ2v) is 2.90. The van der Waals surface area contributed by atoms with E-state index in [-0.39, 0.29) is 0 Å². The van der Waals surface area contributed by atoms with Crippen LogP contribution in [-0.4, -0.2) is 19.7 Å². The average Bonchev–Trinajstić information content (AvgIpc) is 2.65. The molecule has 0 unspecified atom stereocenters. The Morgan fingerprint density at radius 2 is 2.50 bits per heavy atom. The van der Waals surface area contributed by atoms with E-state index in [2.05, 4.69) is 15.2 Å². The monoisotopic (exact) mass is 180 g/mol. The lowest BCUT2D eigenvalue weighted by atomic mass is 10.3. The van der Waals surface area contributed by atoms with Crippen molar-refractivity contribution in [3.05, 3.63) is 35.1 Å². The molecule has 0 aliphatic heterocycles. The predicted octanol–water partition coefficient (Wildman–Crippen LogP) is 1.32. The maximum Gasteiger partial charge on any atom is 0.195 e. The molecule has 0 aromatic carbocycles. The molecule has 2 N–H and O–H groups in total. The molecule has 0 aliphatic rings. The van der Waals surface area contributed by atoms with Crippen molar-refractivity contribution in [3.63, 3.8) is 0 Å². The van der Waals surface area contributed by atoms with Gasteiger partial charge in [0.2, 0.25) is 0 Å². The lowest BCUT2D eigenvalue weighted by molar-refractivity contribution is 0.783. The topological polar surface area (TPSA) is 49.4 Å². The fraction of sp³-hybridized carbons (Fsp3) is 0.143. The van der Waals surface area contributed by atoms with Gasteiger partial charge in [-0.05, 0) is 23.8 Å².